The number of piperidine rings is 2. The Bertz CT molecular complexity index is 712. The van der Waals surface area contributed by atoms with E-state index in [4.69, 9.17) is 0 Å². The molecule has 0 radical (unpaired) electrons. The number of likely N-dealkylation sites (tertiary alicyclic amines) is 1. The highest BCUT2D eigenvalue weighted by atomic mass is 32.2. The van der Waals surface area contributed by atoms with Gasteiger partial charge in [-0.3, -0.25) is 4.79 Å². The minimum atomic E-state index is -3.45. The lowest BCUT2D eigenvalue weighted by Gasteiger charge is -2.30. The Kier molecular flexibility index (Phi) is 6.32. The van der Waals surface area contributed by atoms with Crippen molar-refractivity contribution in [3.05, 3.63) is 24.3 Å². The Morgan fingerprint density at radius 3 is 2.50 bits per heavy atom. The summed E-state index contributed by atoms with van der Waals surface area (Å²) in [5, 5.41) is 2.89. The third-order valence-electron chi connectivity index (χ3n) is 5.37. The maximum Gasteiger partial charge on any atom is 0.279 e. The van der Waals surface area contributed by atoms with Crippen molar-refractivity contribution >= 4 is 21.6 Å². The summed E-state index contributed by atoms with van der Waals surface area (Å²) in [6.07, 6.45) is 5.62. The van der Waals surface area contributed by atoms with E-state index in [9.17, 15) is 13.2 Å². The van der Waals surface area contributed by atoms with Crippen LogP contribution in [0.3, 0.4) is 0 Å². The molecule has 0 aromatic heterocycles. The molecule has 7 heteroatoms. The second kappa shape index (κ2) is 8.50. The molecule has 2 saturated heterocycles. The van der Waals surface area contributed by atoms with Gasteiger partial charge in [-0.1, -0.05) is 6.92 Å². The summed E-state index contributed by atoms with van der Waals surface area (Å²) in [5.74, 6) is 0.386. The topological polar surface area (TPSA) is 70.9 Å². The number of carbonyl (C=O) groups excluding carboxylic acids is 1. The zero-order chi connectivity index (χ0) is 18.6. The van der Waals surface area contributed by atoms with Crippen molar-refractivity contribution in [1.82, 2.24) is 4.31 Å². The predicted molar refractivity (Wildman–Crippen MR) is 102 cm³/mol. The van der Waals surface area contributed by atoms with Crippen LogP contribution in [-0.2, 0) is 14.8 Å². The smallest absolute Gasteiger partial charge is 0.279 e. The number of hydrogen-bond acceptors (Lipinski definition) is 3. The van der Waals surface area contributed by atoms with Crippen LogP contribution in [0.5, 0.6) is 0 Å². The zero-order valence-electron chi connectivity index (χ0n) is 15.5. The van der Waals surface area contributed by atoms with E-state index in [1.54, 1.807) is 28.6 Å². The lowest BCUT2D eigenvalue weighted by molar-refractivity contribution is -0.896. The van der Waals surface area contributed by atoms with E-state index in [1.807, 2.05) is 0 Å². The van der Waals surface area contributed by atoms with Crippen LogP contribution in [0.2, 0.25) is 0 Å². The third kappa shape index (κ3) is 4.84. The Balaban J connectivity index is 1.59. The van der Waals surface area contributed by atoms with Crippen LogP contribution < -0.4 is 10.2 Å². The molecule has 2 aliphatic rings. The molecule has 1 aromatic carbocycles. The fourth-order valence-electron chi connectivity index (χ4n) is 3.88. The molecule has 26 heavy (non-hydrogen) atoms. The highest BCUT2D eigenvalue weighted by Gasteiger charge is 2.28. The summed E-state index contributed by atoms with van der Waals surface area (Å²) < 4.78 is 27.1. The first-order valence-electron chi connectivity index (χ1n) is 9.69. The number of rotatable bonds is 5. The molecule has 0 spiro atoms. The number of benzene rings is 1. The Hall–Kier alpha value is -1.44. The summed E-state index contributed by atoms with van der Waals surface area (Å²) in [5.41, 5.74) is 0.650. The van der Waals surface area contributed by atoms with Gasteiger partial charge in [-0.05, 0) is 62.3 Å². The van der Waals surface area contributed by atoms with Crippen LogP contribution in [0.25, 0.3) is 0 Å². The van der Waals surface area contributed by atoms with Crippen molar-refractivity contribution in [3.8, 4) is 0 Å². The van der Waals surface area contributed by atoms with Gasteiger partial charge in [-0.15, -0.1) is 0 Å². The highest BCUT2D eigenvalue weighted by Crippen LogP contribution is 2.24. The van der Waals surface area contributed by atoms with Gasteiger partial charge in [0.05, 0.1) is 18.0 Å². The number of sulfonamides is 1. The molecular weight excluding hydrogens is 350 g/mol. The lowest BCUT2D eigenvalue weighted by Crippen LogP contribution is -3.13. The van der Waals surface area contributed by atoms with Crippen molar-refractivity contribution in [1.29, 1.82) is 0 Å². The van der Waals surface area contributed by atoms with Crippen LogP contribution in [0.15, 0.2) is 29.2 Å². The van der Waals surface area contributed by atoms with Crippen molar-refractivity contribution in [2.45, 2.75) is 43.9 Å². The maximum absolute atomic E-state index is 12.8. The average Bonchev–Trinajstić information content (AvgIpc) is 2.63. The van der Waals surface area contributed by atoms with Gasteiger partial charge < -0.3 is 10.2 Å². The van der Waals surface area contributed by atoms with Gasteiger partial charge >= 0.3 is 0 Å². The molecule has 0 unspecified atom stereocenters. The molecule has 3 rings (SSSR count). The number of hydrogen-bond donors (Lipinski definition) is 2. The molecular formula is C19H30N3O3S+. The molecule has 2 N–H and O–H groups in total. The predicted octanol–water partition coefficient (Wildman–Crippen LogP) is 1.11. The molecule has 6 nitrogen and oxygen atoms in total. The van der Waals surface area contributed by atoms with Gasteiger partial charge in [0, 0.05) is 18.8 Å². The van der Waals surface area contributed by atoms with Crippen LogP contribution in [0.4, 0.5) is 5.69 Å². The van der Waals surface area contributed by atoms with E-state index in [0.29, 0.717) is 36.1 Å². The molecule has 1 amide bonds. The first kappa shape index (κ1) is 19.3. The summed E-state index contributed by atoms with van der Waals surface area (Å²) >= 11 is 0. The number of anilines is 1. The molecule has 1 aromatic rings. The molecule has 2 aliphatic heterocycles. The summed E-state index contributed by atoms with van der Waals surface area (Å²) in [6, 6.07) is 6.56. The fraction of sp³-hybridized carbons (Fsp3) is 0.632. The van der Waals surface area contributed by atoms with Gasteiger partial charge in [0.25, 0.3) is 5.91 Å². The quantitative estimate of drug-likeness (QED) is 0.804. The molecule has 0 bridgehead atoms. The number of quaternary nitrogens is 1. The number of carbonyl (C=O) groups is 1. The normalized spacial score (nSPS) is 22.9. The molecule has 144 valence electrons. The average molecular weight is 381 g/mol. The second-order valence-corrected chi connectivity index (χ2v) is 9.61. The van der Waals surface area contributed by atoms with E-state index in [2.05, 4.69) is 12.2 Å². The standard InChI is InChI=1S/C19H29N3O3S/c1-16-6-5-13-22(14-16)26(24,25)18-9-7-17(8-10-18)20-19(23)15-21-11-3-2-4-12-21/h7-10,16H,2-6,11-15H2,1H3,(H,20,23)/p+1/t16-/m0/s1. The van der Waals surface area contributed by atoms with Crippen LogP contribution >= 0.6 is 0 Å². The minimum absolute atomic E-state index is 0.0117. The summed E-state index contributed by atoms with van der Waals surface area (Å²) in [4.78, 5) is 13.8. The van der Waals surface area contributed by atoms with Crippen LogP contribution in [0, 0.1) is 5.92 Å². The first-order valence-corrected chi connectivity index (χ1v) is 11.1. The number of nitrogens with zero attached hydrogens (tertiary/aromatic N) is 1. The van der Waals surface area contributed by atoms with E-state index in [1.165, 1.54) is 24.2 Å². The molecule has 1 atom stereocenters. The zero-order valence-corrected chi connectivity index (χ0v) is 16.4. The lowest BCUT2D eigenvalue weighted by atomic mass is 10.0. The van der Waals surface area contributed by atoms with Crippen LogP contribution in [0.1, 0.15) is 39.0 Å². The monoisotopic (exact) mass is 380 g/mol. The second-order valence-electron chi connectivity index (χ2n) is 7.67. The third-order valence-corrected chi connectivity index (χ3v) is 7.25. The summed E-state index contributed by atoms with van der Waals surface area (Å²) in [7, 11) is -3.45. The van der Waals surface area contributed by atoms with Gasteiger partial charge in [0.1, 0.15) is 0 Å². The van der Waals surface area contributed by atoms with E-state index in [-0.39, 0.29) is 5.91 Å². The Labute approximate surface area is 156 Å². The SMILES string of the molecule is C[C@H]1CCCN(S(=O)(=O)c2ccc(NC(=O)C[NH+]3CCCCC3)cc2)C1. The number of nitrogens with one attached hydrogen (secondary N) is 2. The Morgan fingerprint density at radius 1 is 1.15 bits per heavy atom. The van der Waals surface area contributed by atoms with Gasteiger partial charge in [0.2, 0.25) is 10.0 Å². The molecule has 0 aliphatic carbocycles. The van der Waals surface area contributed by atoms with E-state index >= 15 is 0 Å². The summed E-state index contributed by atoms with van der Waals surface area (Å²) in [6.45, 7) is 5.84. The Morgan fingerprint density at radius 2 is 1.85 bits per heavy atom. The van der Waals surface area contributed by atoms with Gasteiger partial charge in [-0.2, -0.15) is 4.31 Å². The van der Waals surface area contributed by atoms with Gasteiger partial charge in [-0.25, -0.2) is 8.42 Å². The van der Waals surface area contributed by atoms with Crippen molar-refractivity contribution < 1.29 is 18.1 Å². The largest absolute Gasteiger partial charge is 0.327 e. The maximum atomic E-state index is 12.8. The highest BCUT2D eigenvalue weighted by molar-refractivity contribution is 7.89. The molecule has 0 saturated carbocycles. The van der Waals surface area contributed by atoms with Crippen LogP contribution in [-0.4, -0.2) is 51.4 Å². The van der Waals surface area contributed by atoms with Gasteiger partial charge in [0.15, 0.2) is 6.54 Å². The van der Waals surface area contributed by atoms with Crippen molar-refractivity contribution in [2.24, 2.45) is 5.92 Å². The molecule has 2 fully saturated rings. The minimum Gasteiger partial charge on any atom is -0.327 e. The van der Waals surface area contributed by atoms with Crippen molar-refractivity contribution in [2.75, 3.05) is 38.0 Å². The molecule has 2 heterocycles. The van der Waals surface area contributed by atoms with E-state index in [0.717, 1.165) is 25.9 Å². The van der Waals surface area contributed by atoms with E-state index < -0.39 is 10.0 Å². The van der Waals surface area contributed by atoms with Crippen molar-refractivity contribution in [3.63, 3.8) is 0 Å². The fourth-order valence-corrected chi connectivity index (χ4v) is 5.48. The number of amides is 1. The first-order chi connectivity index (χ1) is 12.4.